The molecule has 0 bridgehead atoms. The van der Waals surface area contributed by atoms with Crippen LogP contribution in [0.3, 0.4) is 0 Å². The monoisotopic (exact) mass is 334 g/mol. The van der Waals surface area contributed by atoms with E-state index in [0.29, 0.717) is 13.1 Å². The van der Waals surface area contributed by atoms with Crippen LogP contribution in [0.1, 0.15) is 17.0 Å². The van der Waals surface area contributed by atoms with Crippen LogP contribution in [0.15, 0.2) is 30.3 Å². The van der Waals surface area contributed by atoms with Crippen molar-refractivity contribution in [3.05, 3.63) is 47.3 Å². The second-order valence-electron chi connectivity index (χ2n) is 6.08. The first-order chi connectivity index (χ1) is 10.8. The van der Waals surface area contributed by atoms with E-state index in [0.717, 1.165) is 35.7 Å². The van der Waals surface area contributed by atoms with Gasteiger partial charge in [-0.05, 0) is 24.6 Å². The summed E-state index contributed by atoms with van der Waals surface area (Å²) in [6.07, 6.45) is 1.27. The van der Waals surface area contributed by atoms with Gasteiger partial charge in [0.05, 0.1) is 23.3 Å². The molecule has 0 fully saturated rings. The molecule has 0 amide bonds. The van der Waals surface area contributed by atoms with Crippen molar-refractivity contribution in [1.82, 2.24) is 14.7 Å². The predicted octanol–water partition coefficient (Wildman–Crippen LogP) is 1.51. The molecule has 2 aromatic rings. The summed E-state index contributed by atoms with van der Waals surface area (Å²) in [6.45, 7) is 4.61. The fourth-order valence-electron chi connectivity index (χ4n) is 3.08. The lowest BCUT2D eigenvalue weighted by Gasteiger charge is -2.22. The second kappa shape index (κ2) is 5.98. The summed E-state index contributed by atoms with van der Waals surface area (Å²) in [5.74, 6) is 0. The summed E-state index contributed by atoms with van der Waals surface area (Å²) in [7, 11) is -1.33. The molecule has 124 valence electrons. The van der Waals surface area contributed by atoms with Gasteiger partial charge in [-0.1, -0.05) is 18.2 Å². The number of hydrogen-bond acceptors (Lipinski definition) is 4. The Kier molecular flexibility index (Phi) is 4.16. The Morgan fingerprint density at radius 1 is 1.22 bits per heavy atom. The highest BCUT2D eigenvalue weighted by molar-refractivity contribution is 7.92. The van der Waals surface area contributed by atoms with E-state index in [1.165, 1.54) is 10.6 Å². The number of rotatable bonds is 3. The molecule has 1 aliphatic rings. The summed E-state index contributed by atoms with van der Waals surface area (Å²) in [5, 5.41) is 4.38. The average Bonchev–Trinajstić information content (AvgIpc) is 2.68. The van der Waals surface area contributed by atoms with Crippen LogP contribution in [0.5, 0.6) is 0 Å². The molecule has 0 aliphatic carbocycles. The lowest BCUT2D eigenvalue weighted by Crippen LogP contribution is -2.35. The van der Waals surface area contributed by atoms with Crippen LogP contribution in [0, 0.1) is 6.92 Å². The van der Waals surface area contributed by atoms with Crippen LogP contribution in [-0.4, -0.2) is 42.4 Å². The van der Waals surface area contributed by atoms with Crippen molar-refractivity contribution < 1.29 is 8.42 Å². The fraction of sp³-hybridized carbons (Fsp3) is 0.438. The third-order valence-corrected chi connectivity index (χ3v) is 5.34. The van der Waals surface area contributed by atoms with Crippen molar-refractivity contribution >= 4 is 15.7 Å². The molecule has 0 radical (unpaired) electrons. The largest absolute Gasteiger partial charge is 0.291 e. The Hall–Kier alpha value is -1.86. The molecule has 23 heavy (non-hydrogen) atoms. The minimum atomic E-state index is -3.27. The highest BCUT2D eigenvalue weighted by Gasteiger charge is 2.25. The van der Waals surface area contributed by atoms with Crippen LogP contribution in [0.2, 0.25) is 0 Å². The number of aromatic nitrogens is 2. The number of fused-ring (bicyclic) bond motifs is 1. The van der Waals surface area contributed by atoms with Crippen LogP contribution < -0.4 is 4.31 Å². The Labute approximate surface area is 137 Å². The molecule has 0 spiro atoms. The smallest absolute Gasteiger partial charge is 0.232 e. The molecule has 0 saturated heterocycles. The van der Waals surface area contributed by atoms with Gasteiger partial charge in [0, 0.05) is 33.2 Å². The molecule has 7 heteroatoms. The van der Waals surface area contributed by atoms with Crippen molar-refractivity contribution in [2.24, 2.45) is 7.05 Å². The van der Waals surface area contributed by atoms with Crippen LogP contribution in [0.25, 0.3) is 0 Å². The zero-order valence-corrected chi connectivity index (χ0v) is 14.5. The zero-order valence-electron chi connectivity index (χ0n) is 13.7. The van der Waals surface area contributed by atoms with E-state index in [4.69, 9.17) is 0 Å². The van der Waals surface area contributed by atoms with Gasteiger partial charge in [-0.15, -0.1) is 0 Å². The number of anilines is 1. The quantitative estimate of drug-likeness (QED) is 0.854. The van der Waals surface area contributed by atoms with Gasteiger partial charge >= 0.3 is 0 Å². The number of para-hydroxylation sites is 1. The summed E-state index contributed by atoms with van der Waals surface area (Å²) in [5.41, 5.74) is 3.95. The standard InChI is InChI=1S/C16H22N4O2S/c1-13-10-15(18(2)17-13)12-19-8-9-20(23(3,21)22)16-7-5-4-6-14(16)11-19/h4-7,10H,8-9,11-12H2,1-3H3. The van der Waals surface area contributed by atoms with Gasteiger partial charge in [0.2, 0.25) is 10.0 Å². The van der Waals surface area contributed by atoms with Crippen LogP contribution in [-0.2, 0) is 30.2 Å². The Morgan fingerprint density at radius 3 is 2.61 bits per heavy atom. The maximum atomic E-state index is 12.1. The summed E-state index contributed by atoms with van der Waals surface area (Å²) < 4.78 is 27.6. The third-order valence-electron chi connectivity index (χ3n) is 4.16. The van der Waals surface area contributed by atoms with Gasteiger partial charge in [0.25, 0.3) is 0 Å². The minimum Gasteiger partial charge on any atom is -0.291 e. The molecular weight excluding hydrogens is 312 g/mol. The molecule has 3 rings (SSSR count). The van der Waals surface area contributed by atoms with Crippen molar-refractivity contribution in [1.29, 1.82) is 0 Å². The van der Waals surface area contributed by atoms with Crippen molar-refractivity contribution in [2.45, 2.75) is 20.0 Å². The summed E-state index contributed by atoms with van der Waals surface area (Å²) in [4.78, 5) is 2.26. The topological polar surface area (TPSA) is 58.4 Å². The molecule has 0 atom stereocenters. The van der Waals surface area contributed by atoms with E-state index < -0.39 is 10.0 Å². The van der Waals surface area contributed by atoms with Gasteiger partial charge < -0.3 is 0 Å². The van der Waals surface area contributed by atoms with Gasteiger partial charge in [-0.3, -0.25) is 13.9 Å². The highest BCUT2D eigenvalue weighted by Crippen LogP contribution is 2.27. The maximum absolute atomic E-state index is 12.1. The SMILES string of the molecule is Cc1cc(CN2CCN(S(C)(=O)=O)c3ccccc3C2)n(C)n1. The molecule has 0 N–H and O–H groups in total. The van der Waals surface area contributed by atoms with E-state index in [9.17, 15) is 8.42 Å². The molecule has 1 aliphatic heterocycles. The Balaban J connectivity index is 1.90. The number of aryl methyl sites for hydroxylation is 2. The minimum absolute atomic E-state index is 0.465. The van der Waals surface area contributed by atoms with E-state index in [-0.39, 0.29) is 0 Å². The number of hydrogen-bond donors (Lipinski definition) is 0. The van der Waals surface area contributed by atoms with Gasteiger partial charge in [0.1, 0.15) is 0 Å². The second-order valence-corrected chi connectivity index (χ2v) is 7.98. The first-order valence-corrected chi connectivity index (χ1v) is 9.47. The maximum Gasteiger partial charge on any atom is 0.232 e. The third kappa shape index (κ3) is 3.40. The Bertz CT molecular complexity index is 813. The zero-order chi connectivity index (χ0) is 16.6. The molecule has 1 aromatic heterocycles. The lowest BCUT2D eigenvalue weighted by atomic mass is 10.1. The molecular formula is C16H22N4O2S. The van der Waals surface area contributed by atoms with Crippen molar-refractivity contribution in [2.75, 3.05) is 23.7 Å². The summed E-state index contributed by atoms with van der Waals surface area (Å²) in [6, 6.07) is 9.80. The lowest BCUT2D eigenvalue weighted by molar-refractivity contribution is 0.263. The van der Waals surface area contributed by atoms with E-state index >= 15 is 0 Å². The van der Waals surface area contributed by atoms with Crippen molar-refractivity contribution in [3.63, 3.8) is 0 Å². The number of benzene rings is 1. The average molecular weight is 334 g/mol. The normalized spacial score (nSPS) is 16.2. The van der Waals surface area contributed by atoms with Crippen LogP contribution >= 0.6 is 0 Å². The van der Waals surface area contributed by atoms with E-state index in [1.54, 1.807) is 0 Å². The first kappa shape index (κ1) is 16.0. The van der Waals surface area contributed by atoms with E-state index in [1.807, 2.05) is 42.9 Å². The first-order valence-electron chi connectivity index (χ1n) is 7.62. The molecule has 6 nitrogen and oxygen atoms in total. The van der Waals surface area contributed by atoms with E-state index in [2.05, 4.69) is 16.1 Å². The molecule has 0 unspecified atom stereocenters. The Morgan fingerprint density at radius 2 is 1.96 bits per heavy atom. The van der Waals surface area contributed by atoms with Gasteiger partial charge in [-0.2, -0.15) is 5.10 Å². The fourth-order valence-corrected chi connectivity index (χ4v) is 4.03. The predicted molar refractivity (Wildman–Crippen MR) is 90.7 cm³/mol. The molecule has 1 aromatic carbocycles. The molecule has 2 heterocycles. The van der Waals surface area contributed by atoms with Crippen LogP contribution in [0.4, 0.5) is 5.69 Å². The van der Waals surface area contributed by atoms with Gasteiger partial charge in [-0.25, -0.2) is 8.42 Å². The summed E-state index contributed by atoms with van der Waals surface area (Å²) >= 11 is 0. The van der Waals surface area contributed by atoms with Crippen molar-refractivity contribution in [3.8, 4) is 0 Å². The number of nitrogens with zero attached hydrogens (tertiary/aromatic N) is 4. The van der Waals surface area contributed by atoms with Gasteiger partial charge in [0.15, 0.2) is 0 Å². The number of sulfonamides is 1. The molecule has 0 saturated carbocycles. The highest BCUT2D eigenvalue weighted by atomic mass is 32.2.